The molecule has 1 amide bonds. The average molecular weight is 469 g/mol. The molecule has 0 radical (unpaired) electrons. The van der Waals surface area contributed by atoms with Crippen LogP contribution >= 0.6 is 24.0 Å². The summed E-state index contributed by atoms with van der Waals surface area (Å²) in [4.78, 5) is 20.1. The first-order valence-corrected chi connectivity index (χ1v) is 9.01. The molecular weight excluding hydrogens is 433 g/mol. The van der Waals surface area contributed by atoms with Crippen LogP contribution in [0.1, 0.15) is 33.1 Å². The van der Waals surface area contributed by atoms with Crippen molar-refractivity contribution in [2.24, 2.45) is 4.99 Å². The number of guanidine groups is 1. The van der Waals surface area contributed by atoms with Crippen molar-refractivity contribution in [2.45, 2.75) is 45.3 Å². The third-order valence-electron chi connectivity index (χ3n) is 4.21. The Morgan fingerprint density at radius 3 is 2.68 bits per heavy atom. The Morgan fingerprint density at radius 1 is 1.40 bits per heavy atom. The van der Waals surface area contributed by atoms with Crippen LogP contribution in [0.2, 0.25) is 0 Å². The van der Waals surface area contributed by atoms with Gasteiger partial charge in [-0.1, -0.05) is 6.92 Å². The molecule has 2 unspecified atom stereocenters. The van der Waals surface area contributed by atoms with E-state index < -0.39 is 0 Å². The van der Waals surface area contributed by atoms with Gasteiger partial charge in [0.05, 0.1) is 6.10 Å². The first-order valence-electron chi connectivity index (χ1n) is 9.01. The highest BCUT2D eigenvalue weighted by atomic mass is 127. The number of rotatable bonds is 9. The maximum Gasteiger partial charge on any atom is 0.222 e. The Bertz CT molecular complexity index is 406. The lowest BCUT2D eigenvalue weighted by Crippen LogP contribution is -2.47. The van der Waals surface area contributed by atoms with E-state index in [1.807, 2.05) is 18.7 Å². The number of likely N-dealkylation sites (tertiary alicyclic amines) is 1. The van der Waals surface area contributed by atoms with Gasteiger partial charge in [-0.05, 0) is 33.9 Å². The Balaban J connectivity index is 0.00000576. The van der Waals surface area contributed by atoms with Gasteiger partial charge < -0.3 is 25.2 Å². The van der Waals surface area contributed by atoms with Crippen molar-refractivity contribution in [1.82, 2.24) is 20.4 Å². The predicted octanol–water partition coefficient (Wildman–Crippen LogP) is 1.14. The van der Waals surface area contributed by atoms with Crippen molar-refractivity contribution < 1.29 is 9.53 Å². The number of halogens is 1. The van der Waals surface area contributed by atoms with Crippen molar-refractivity contribution >= 4 is 35.8 Å². The zero-order chi connectivity index (χ0) is 17.9. The van der Waals surface area contributed by atoms with E-state index in [9.17, 15) is 4.79 Å². The maximum absolute atomic E-state index is 11.8. The van der Waals surface area contributed by atoms with Crippen molar-refractivity contribution in [3.8, 4) is 0 Å². The molecule has 2 N–H and O–H groups in total. The number of hydrogen-bond donors (Lipinski definition) is 2. The third-order valence-corrected chi connectivity index (χ3v) is 4.21. The predicted molar refractivity (Wildman–Crippen MR) is 114 cm³/mol. The lowest BCUT2D eigenvalue weighted by Gasteiger charge is -2.23. The summed E-state index contributed by atoms with van der Waals surface area (Å²) in [6.45, 7) is 7.94. The summed E-state index contributed by atoms with van der Waals surface area (Å²) in [6, 6.07) is 0.263. The first-order chi connectivity index (χ1) is 11.5. The van der Waals surface area contributed by atoms with Crippen molar-refractivity contribution in [3.63, 3.8) is 0 Å². The van der Waals surface area contributed by atoms with Crippen LogP contribution in [0.3, 0.4) is 0 Å². The normalized spacial score (nSPS) is 18.9. The minimum absolute atomic E-state index is 0. The van der Waals surface area contributed by atoms with E-state index in [0.29, 0.717) is 13.0 Å². The number of hydrogen-bond acceptors (Lipinski definition) is 4. The molecule has 0 spiro atoms. The standard InChI is InChI=1S/C17H35N5O2.HI/c1-6-16(23)22-11-8-14(13-22)20-17(18-3)19-12-15(24-7-2)9-10-21(4)5;/h14-15H,6-13H2,1-5H3,(H2,18,19,20);1H. The second kappa shape index (κ2) is 13.6. The summed E-state index contributed by atoms with van der Waals surface area (Å²) in [6.07, 6.45) is 2.68. The van der Waals surface area contributed by atoms with Gasteiger partial charge in [-0.15, -0.1) is 24.0 Å². The number of aliphatic imine (C=N–C) groups is 1. The Kier molecular flexibility index (Phi) is 13.2. The number of amides is 1. The highest BCUT2D eigenvalue weighted by molar-refractivity contribution is 14.0. The second-order valence-electron chi connectivity index (χ2n) is 6.45. The molecule has 0 aromatic carbocycles. The fraction of sp³-hybridized carbons (Fsp3) is 0.882. The van der Waals surface area contributed by atoms with Gasteiger partial charge in [0.15, 0.2) is 5.96 Å². The van der Waals surface area contributed by atoms with Crippen LogP contribution in [0.5, 0.6) is 0 Å². The Morgan fingerprint density at radius 2 is 2.12 bits per heavy atom. The molecule has 148 valence electrons. The molecule has 7 nitrogen and oxygen atoms in total. The molecule has 0 bridgehead atoms. The van der Waals surface area contributed by atoms with Gasteiger partial charge in [0.1, 0.15) is 0 Å². The van der Waals surface area contributed by atoms with Crippen LogP contribution in [-0.4, -0.2) is 87.7 Å². The topological polar surface area (TPSA) is 69.2 Å². The summed E-state index contributed by atoms with van der Waals surface area (Å²) in [7, 11) is 5.91. The Hall–Kier alpha value is -0.610. The smallest absolute Gasteiger partial charge is 0.222 e. The molecule has 8 heteroatoms. The summed E-state index contributed by atoms with van der Waals surface area (Å²) in [5, 5.41) is 6.77. The summed E-state index contributed by atoms with van der Waals surface area (Å²) >= 11 is 0. The van der Waals surface area contributed by atoms with Gasteiger partial charge in [0, 0.05) is 52.3 Å². The summed E-state index contributed by atoms with van der Waals surface area (Å²) < 4.78 is 5.80. The van der Waals surface area contributed by atoms with E-state index >= 15 is 0 Å². The molecular formula is C17H36IN5O2. The number of nitrogens with zero attached hydrogens (tertiary/aromatic N) is 3. The minimum Gasteiger partial charge on any atom is -0.377 e. The number of carbonyl (C=O) groups is 1. The summed E-state index contributed by atoms with van der Waals surface area (Å²) in [5.74, 6) is 1.00. The van der Waals surface area contributed by atoms with E-state index in [-0.39, 0.29) is 42.0 Å². The third kappa shape index (κ3) is 9.60. The van der Waals surface area contributed by atoms with E-state index in [1.54, 1.807) is 7.05 Å². The minimum atomic E-state index is 0. The largest absolute Gasteiger partial charge is 0.377 e. The molecule has 25 heavy (non-hydrogen) atoms. The lowest BCUT2D eigenvalue weighted by molar-refractivity contribution is -0.129. The molecule has 2 atom stereocenters. The van der Waals surface area contributed by atoms with Gasteiger partial charge in [0.25, 0.3) is 0 Å². The summed E-state index contributed by atoms with van der Waals surface area (Å²) in [5.41, 5.74) is 0. The van der Waals surface area contributed by atoms with E-state index in [1.165, 1.54) is 0 Å². The zero-order valence-electron chi connectivity index (χ0n) is 16.4. The fourth-order valence-corrected chi connectivity index (χ4v) is 2.81. The van der Waals surface area contributed by atoms with Crippen LogP contribution in [0, 0.1) is 0 Å². The first kappa shape index (κ1) is 24.4. The highest BCUT2D eigenvalue weighted by Crippen LogP contribution is 2.10. The Labute approximate surface area is 170 Å². The molecule has 1 aliphatic rings. The molecule has 1 rings (SSSR count). The van der Waals surface area contributed by atoms with E-state index in [0.717, 1.165) is 45.0 Å². The van der Waals surface area contributed by atoms with Crippen molar-refractivity contribution in [3.05, 3.63) is 0 Å². The lowest BCUT2D eigenvalue weighted by atomic mass is 10.2. The van der Waals surface area contributed by atoms with Gasteiger partial charge in [-0.2, -0.15) is 0 Å². The van der Waals surface area contributed by atoms with Crippen molar-refractivity contribution in [2.75, 3.05) is 53.9 Å². The van der Waals surface area contributed by atoms with Gasteiger partial charge in [-0.3, -0.25) is 9.79 Å². The molecule has 1 saturated heterocycles. The average Bonchev–Trinajstić information content (AvgIpc) is 3.03. The monoisotopic (exact) mass is 469 g/mol. The number of carbonyl (C=O) groups excluding carboxylic acids is 1. The van der Waals surface area contributed by atoms with Crippen LogP contribution in [0.25, 0.3) is 0 Å². The quantitative estimate of drug-likeness (QED) is 0.301. The molecule has 0 saturated carbocycles. The van der Waals surface area contributed by atoms with E-state index in [4.69, 9.17) is 4.74 Å². The SMILES string of the molecule is CCOC(CCN(C)C)CNC(=NC)NC1CCN(C(=O)CC)C1.I. The molecule has 1 aliphatic heterocycles. The number of nitrogens with one attached hydrogen (secondary N) is 2. The van der Waals surface area contributed by atoms with Gasteiger partial charge >= 0.3 is 0 Å². The van der Waals surface area contributed by atoms with E-state index in [2.05, 4.69) is 34.6 Å². The van der Waals surface area contributed by atoms with Crippen LogP contribution < -0.4 is 10.6 Å². The van der Waals surface area contributed by atoms with Crippen LogP contribution in [0.4, 0.5) is 0 Å². The highest BCUT2D eigenvalue weighted by Gasteiger charge is 2.25. The molecule has 1 heterocycles. The fourth-order valence-electron chi connectivity index (χ4n) is 2.81. The zero-order valence-corrected chi connectivity index (χ0v) is 18.7. The van der Waals surface area contributed by atoms with Gasteiger partial charge in [0.2, 0.25) is 5.91 Å². The number of ether oxygens (including phenoxy) is 1. The molecule has 1 fully saturated rings. The molecule has 0 aromatic rings. The maximum atomic E-state index is 11.8. The van der Waals surface area contributed by atoms with Crippen molar-refractivity contribution in [1.29, 1.82) is 0 Å². The second-order valence-corrected chi connectivity index (χ2v) is 6.45. The van der Waals surface area contributed by atoms with Crippen LogP contribution in [-0.2, 0) is 9.53 Å². The van der Waals surface area contributed by atoms with Gasteiger partial charge in [-0.25, -0.2) is 0 Å². The molecule has 0 aromatic heterocycles. The van der Waals surface area contributed by atoms with Crippen LogP contribution in [0.15, 0.2) is 4.99 Å². The molecule has 0 aliphatic carbocycles.